The van der Waals surface area contributed by atoms with Gasteiger partial charge in [-0.25, -0.2) is 9.97 Å². The molecule has 0 amide bonds. The average molecular weight is 347 g/mol. The monoisotopic (exact) mass is 347 g/mol. The second kappa shape index (κ2) is 7.95. The number of aromatic nitrogens is 3. The fourth-order valence-electron chi connectivity index (χ4n) is 2.81. The van der Waals surface area contributed by atoms with E-state index in [-0.39, 0.29) is 0 Å². The fourth-order valence-corrected chi connectivity index (χ4v) is 2.81. The van der Waals surface area contributed by atoms with E-state index in [1.807, 2.05) is 31.2 Å². The Kier molecular flexibility index (Phi) is 5.46. The van der Waals surface area contributed by atoms with Crippen LogP contribution in [0, 0.1) is 13.8 Å². The highest BCUT2D eigenvalue weighted by molar-refractivity contribution is 5.57. The molecule has 0 radical (unpaired) electrons. The third kappa shape index (κ3) is 3.99. The number of hydrogen-bond acceptors (Lipinski definition) is 5. The Labute approximate surface area is 155 Å². The molecule has 2 aromatic heterocycles. The van der Waals surface area contributed by atoms with Crippen molar-refractivity contribution in [2.24, 2.45) is 0 Å². The molecule has 5 heteroatoms. The van der Waals surface area contributed by atoms with Gasteiger partial charge in [0, 0.05) is 50.3 Å². The summed E-state index contributed by atoms with van der Waals surface area (Å²) in [6.07, 6.45) is 1.77. The van der Waals surface area contributed by atoms with Crippen molar-refractivity contribution in [2.75, 3.05) is 37.0 Å². The summed E-state index contributed by atoms with van der Waals surface area (Å²) in [7, 11) is 4.19. The van der Waals surface area contributed by atoms with Crippen molar-refractivity contribution in [1.29, 1.82) is 0 Å². The van der Waals surface area contributed by atoms with E-state index >= 15 is 0 Å². The number of hydrogen-bond donors (Lipinski definition) is 0. The highest BCUT2D eigenvalue weighted by Crippen LogP contribution is 2.23. The van der Waals surface area contributed by atoms with Crippen LogP contribution in [0.3, 0.4) is 0 Å². The molecule has 5 nitrogen and oxygen atoms in total. The van der Waals surface area contributed by atoms with Crippen LogP contribution in [0.5, 0.6) is 0 Å². The number of anilines is 2. The van der Waals surface area contributed by atoms with Crippen LogP contribution in [-0.4, -0.2) is 42.1 Å². The minimum absolute atomic E-state index is 0.673. The van der Waals surface area contributed by atoms with E-state index in [2.05, 4.69) is 65.1 Å². The van der Waals surface area contributed by atoms with Crippen molar-refractivity contribution >= 4 is 11.5 Å². The third-order valence-corrected chi connectivity index (χ3v) is 4.59. The largest absolute Gasteiger partial charge is 0.373 e. The molecule has 0 spiro atoms. The number of rotatable bonds is 6. The van der Waals surface area contributed by atoms with Gasteiger partial charge in [-0.2, -0.15) is 0 Å². The lowest BCUT2D eigenvalue weighted by Crippen LogP contribution is -2.31. The minimum Gasteiger partial charge on any atom is -0.373 e. The number of nitrogens with zero attached hydrogens (tertiary/aromatic N) is 5. The Morgan fingerprint density at radius 3 is 2.19 bits per heavy atom. The summed E-state index contributed by atoms with van der Waals surface area (Å²) in [5.74, 6) is 1.63. The van der Waals surface area contributed by atoms with Gasteiger partial charge in [-0.15, -0.1) is 0 Å². The van der Waals surface area contributed by atoms with Gasteiger partial charge in [-0.3, -0.25) is 4.98 Å². The van der Waals surface area contributed by atoms with Gasteiger partial charge in [-0.05, 0) is 38.1 Å². The zero-order chi connectivity index (χ0) is 18.5. The molecule has 0 aliphatic heterocycles. The lowest BCUT2D eigenvalue weighted by molar-refractivity contribution is 0.814. The standard InChI is InChI=1S/C21H25N5/c1-16-17(2)23-20(19-12-8-9-13-22-19)24-21(16)26(4)15-14-25(3)18-10-6-5-7-11-18/h5-13H,14-15H2,1-4H3. The van der Waals surface area contributed by atoms with Gasteiger partial charge in [0.05, 0.1) is 0 Å². The molecular weight excluding hydrogens is 322 g/mol. The first kappa shape index (κ1) is 17.9. The first-order valence-electron chi connectivity index (χ1n) is 8.80. The van der Waals surface area contributed by atoms with Crippen LogP contribution in [0.1, 0.15) is 11.3 Å². The van der Waals surface area contributed by atoms with Gasteiger partial charge in [0.25, 0.3) is 0 Å². The summed E-state index contributed by atoms with van der Waals surface area (Å²) in [6, 6.07) is 16.2. The van der Waals surface area contributed by atoms with Crippen molar-refractivity contribution in [3.05, 3.63) is 66.0 Å². The number of benzene rings is 1. The molecule has 1 aromatic carbocycles. The molecular formula is C21H25N5. The second-order valence-corrected chi connectivity index (χ2v) is 6.47. The van der Waals surface area contributed by atoms with Crippen LogP contribution in [0.15, 0.2) is 54.7 Å². The first-order chi connectivity index (χ1) is 12.6. The van der Waals surface area contributed by atoms with E-state index in [1.54, 1.807) is 6.20 Å². The molecule has 26 heavy (non-hydrogen) atoms. The van der Waals surface area contributed by atoms with E-state index in [0.717, 1.165) is 35.9 Å². The first-order valence-corrected chi connectivity index (χ1v) is 8.80. The molecule has 0 N–H and O–H groups in total. The van der Waals surface area contributed by atoms with Crippen molar-refractivity contribution in [1.82, 2.24) is 15.0 Å². The van der Waals surface area contributed by atoms with Crippen LogP contribution in [0.4, 0.5) is 11.5 Å². The van der Waals surface area contributed by atoms with Gasteiger partial charge in [0.1, 0.15) is 11.5 Å². The molecule has 3 aromatic rings. The van der Waals surface area contributed by atoms with Crippen LogP contribution in [0.2, 0.25) is 0 Å². The summed E-state index contributed by atoms with van der Waals surface area (Å²) < 4.78 is 0. The molecule has 0 aliphatic rings. The topological polar surface area (TPSA) is 45.2 Å². The maximum Gasteiger partial charge on any atom is 0.180 e. The molecule has 0 aliphatic carbocycles. The van der Waals surface area contributed by atoms with Gasteiger partial charge in [0.2, 0.25) is 0 Å². The Balaban J connectivity index is 1.78. The van der Waals surface area contributed by atoms with Crippen molar-refractivity contribution in [3.63, 3.8) is 0 Å². The van der Waals surface area contributed by atoms with Crippen molar-refractivity contribution < 1.29 is 0 Å². The SMILES string of the molecule is Cc1nc(-c2ccccn2)nc(N(C)CCN(C)c2ccccc2)c1C. The molecule has 134 valence electrons. The third-order valence-electron chi connectivity index (χ3n) is 4.59. The normalized spacial score (nSPS) is 10.6. The van der Waals surface area contributed by atoms with Gasteiger partial charge in [-0.1, -0.05) is 24.3 Å². The maximum absolute atomic E-state index is 4.79. The fraction of sp³-hybridized carbons (Fsp3) is 0.286. The average Bonchev–Trinajstić information content (AvgIpc) is 2.69. The molecule has 0 fully saturated rings. The Hall–Kier alpha value is -2.95. The molecule has 0 bridgehead atoms. The quantitative estimate of drug-likeness (QED) is 0.680. The van der Waals surface area contributed by atoms with E-state index in [0.29, 0.717) is 5.82 Å². The van der Waals surface area contributed by atoms with Crippen LogP contribution in [0.25, 0.3) is 11.5 Å². The number of likely N-dealkylation sites (N-methyl/N-ethyl adjacent to an activating group) is 2. The predicted octanol–water partition coefficient (Wildman–Crippen LogP) is 3.73. The minimum atomic E-state index is 0.673. The van der Waals surface area contributed by atoms with Crippen LogP contribution >= 0.6 is 0 Å². The van der Waals surface area contributed by atoms with E-state index in [9.17, 15) is 0 Å². The lowest BCUT2D eigenvalue weighted by Gasteiger charge is -2.26. The van der Waals surface area contributed by atoms with Crippen molar-refractivity contribution in [3.8, 4) is 11.5 Å². The summed E-state index contributed by atoms with van der Waals surface area (Å²) in [4.78, 5) is 18.2. The van der Waals surface area contributed by atoms with Gasteiger partial charge >= 0.3 is 0 Å². The number of pyridine rings is 1. The highest BCUT2D eigenvalue weighted by Gasteiger charge is 2.14. The highest BCUT2D eigenvalue weighted by atomic mass is 15.2. The Morgan fingerprint density at radius 1 is 0.808 bits per heavy atom. The predicted molar refractivity (Wildman–Crippen MR) is 108 cm³/mol. The summed E-state index contributed by atoms with van der Waals surface area (Å²) in [5.41, 5.74) is 4.10. The molecule has 2 heterocycles. The molecule has 0 saturated carbocycles. The second-order valence-electron chi connectivity index (χ2n) is 6.47. The molecule has 0 atom stereocenters. The summed E-state index contributed by atoms with van der Waals surface area (Å²) >= 11 is 0. The molecule has 0 unspecified atom stereocenters. The van der Waals surface area contributed by atoms with E-state index < -0.39 is 0 Å². The summed E-state index contributed by atoms with van der Waals surface area (Å²) in [5, 5.41) is 0. The van der Waals surface area contributed by atoms with E-state index in [4.69, 9.17) is 4.98 Å². The summed E-state index contributed by atoms with van der Waals surface area (Å²) in [6.45, 7) is 5.87. The Morgan fingerprint density at radius 2 is 1.50 bits per heavy atom. The van der Waals surface area contributed by atoms with Gasteiger partial charge in [0.15, 0.2) is 5.82 Å². The lowest BCUT2D eigenvalue weighted by atomic mass is 10.2. The zero-order valence-electron chi connectivity index (χ0n) is 15.8. The van der Waals surface area contributed by atoms with Crippen LogP contribution in [-0.2, 0) is 0 Å². The van der Waals surface area contributed by atoms with E-state index in [1.165, 1.54) is 5.69 Å². The number of aryl methyl sites for hydroxylation is 1. The molecule has 3 rings (SSSR count). The molecule has 0 saturated heterocycles. The Bertz CT molecular complexity index is 849. The number of para-hydroxylation sites is 1. The van der Waals surface area contributed by atoms with Crippen molar-refractivity contribution in [2.45, 2.75) is 13.8 Å². The zero-order valence-corrected chi connectivity index (χ0v) is 15.8. The smallest absolute Gasteiger partial charge is 0.180 e. The van der Waals surface area contributed by atoms with Crippen LogP contribution < -0.4 is 9.80 Å². The maximum atomic E-state index is 4.79. The van der Waals surface area contributed by atoms with Gasteiger partial charge < -0.3 is 9.80 Å².